The van der Waals surface area contributed by atoms with Gasteiger partial charge in [-0.15, -0.1) is 0 Å². The standard InChI is InChI=1S/C16H18N4O3S/c21-9-11-24(22,23)10-8-18-15-12-4-1-2-5-13(12)19-16(20-15)14-6-3-7-17-14/h1-7,17,21H,8-11H2,(H,18,19,20). The summed E-state index contributed by atoms with van der Waals surface area (Å²) in [5.41, 5.74) is 1.56. The Balaban J connectivity index is 1.88. The molecule has 3 N–H and O–H groups in total. The number of para-hydroxylation sites is 1. The molecule has 0 bridgehead atoms. The van der Waals surface area contributed by atoms with Crippen LogP contribution in [0.4, 0.5) is 5.82 Å². The summed E-state index contributed by atoms with van der Waals surface area (Å²) >= 11 is 0. The summed E-state index contributed by atoms with van der Waals surface area (Å²) in [6, 6.07) is 11.3. The van der Waals surface area contributed by atoms with Crippen molar-refractivity contribution in [2.75, 3.05) is 30.0 Å². The number of aromatic amines is 1. The zero-order valence-electron chi connectivity index (χ0n) is 12.9. The zero-order valence-corrected chi connectivity index (χ0v) is 13.8. The molecule has 0 radical (unpaired) electrons. The first-order valence-corrected chi connectivity index (χ1v) is 9.37. The number of hydrogen-bond acceptors (Lipinski definition) is 6. The Morgan fingerprint density at radius 1 is 1.08 bits per heavy atom. The monoisotopic (exact) mass is 346 g/mol. The van der Waals surface area contributed by atoms with Crippen LogP contribution in [0.3, 0.4) is 0 Å². The normalized spacial score (nSPS) is 11.7. The fourth-order valence-corrected chi connectivity index (χ4v) is 3.26. The Morgan fingerprint density at radius 2 is 1.92 bits per heavy atom. The molecule has 0 fully saturated rings. The van der Waals surface area contributed by atoms with E-state index in [1.165, 1.54) is 0 Å². The molecule has 8 heteroatoms. The van der Waals surface area contributed by atoms with Gasteiger partial charge >= 0.3 is 0 Å². The van der Waals surface area contributed by atoms with Crippen LogP contribution in [0.15, 0.2) is 42.6 Å². The lowest BCUT2D eigenvalue weighted by Gasteiger charge is -2.10. The molecule has 0 aliphatic rings. The lowest BCUT2D eigenvalue weighted by atomic mass is 10.2. The minimum absolute atomic E-state index is 0.0657. The first kappa shape index (κ1) is 16.4. The van der Waals surface area contributed by atoms with E-state index < -0.39 is 9.84 Å². The van der Waals surface area contributed by atoms with Crippen molar-refractivity contribution in [3.63, 3.8) is 0 Å². The molecule has 24 heavy (non-hydrogen) atoms. The van der Waals surface area contributed by atoms with E-state index in [9.17, 15) is 8.42 Å². The van der Waals surface area contributed by atoms with E-state index in [2.05, 4.69) is 20.3 Å². The predicted molar refractivity (Wildman–Crippen MR) is 93.6 cm³/mol. The van der Waals surface area contributed by atoms with Gasteiger partial charge in [-0.2, -0.15) is 0 Å². The van der Waals surface area contributed by atoms with Crippen molar-refractivity contribution in [1.29, 1.82) is 0 Å². The number of aliphatic hydroxyl groups excluding tert-OH is 1. The van der Waals surface area contributed by atoms with E-state index in [1.54, 1.807) is 6.20 Å². The molecule has 2 aromatic heterocycles. The fraction of sp³-hybridized carbons (Fsp3) is 0.250. The van der Waals surface area contributed by atoms with Gasteiger partial charge in [-0.05, 0) is 24.3 Å². The Hall–Kier alpha value is -2.45. The van der Waals surface area contributed by atoms with Crippen molar-refractivity contribution in [3.8, 4) is 11.5 Å². The van der Waals surface area contributed by atoms with Crippen molar-refractivity contribution < 1.29 is 13.5 Å². The van der Waals surface area contributed by atoms with Crippen LogP contribution in [-0.4, -0.2) is 53.1 Å². The number of nitrogens with zero attached hydrogens (tertiary/aromatic N) is 2. The number of anilines is 1. The predicted octanol–water partition coefficient (Wildman–Crippen LogP) is 1.44. The number of aromatic nitrogens is 3. The van der Waals surface area contributed by atoms with Gasteiger partial charge in [0.05, 0.1) is 29.3 Å². The molecule has 1 aromatic carbocycles. The average molecular weight is 346 g/mol. The SMILES string of the molecule is O=S(=O)(CCO)CCNc1nc(-c2ccc[nH]2)nc2ccccc12. The van der Waals surface area contributed by atoms with E-state index in [-0.39, 0.29) is 24.7 Å². The zero-order chi connectivity index (χ0) is 17.0. The fourth-order valence-electron chi connectivity index (χ4n) is 2.37. The molecule has 2 heterocycles. The summed E-state index contributed by atoms with van der Waals surface area (Å²) < 4.78 is 23.4. The summed E-state index contributed by atoms with van der Waals surface area (Å²) in [4.78, 5) is 12.1. The van der Waals surface area contributed by atoms with Crippen LogP contribution in [0.5, 0.6) is 0 Å². The molecule has 3 rings (SSSR count). The van der Waals surface area contributed by atoms with Crippen molar-refractivity contribution in [2.45, 2.75) is 0 Å². The van der Waals surface area contributed by atoms with Gasteiger partial charge in [0.2, 0.25) is 0 Å². The maximum absolute atomic E-state index is 11.7. The summed E-state index contributed by atoms with van der Waals surface area (Å²) in [5, 5.41) is 12.7. The highest BCUT2D eigenvalue weighted by Crippen LogP contribution is 2.23. The molecule has 0 atom stereocenters. The molecule has 0 spiro atoms. The van der Waals surface area contributed by atoms with Crippen LogP contribution >= 0.6 is 0 Å². The molecule has 3 aromatic rings. The van der Waals surface area contributed by atoms with Crippen LogP contribution in [0.1, 0.15) is 0 Å². The molecule has 0 saturated heterocycles. The van der Waals surface area contributed by atoms with Crippen LogP contribution in [0, 0.1) is 0 Å². The van der Waals surface area contributed by atoms with Crippen molar-refractivity contribution >= 4 is 26.6 Å². The third-order valence-corrected chi connectivity index (χ3v) is 5.18. The molecule has 0 aliphatic carbocycles. The van der Waals surface area contributed by atoms with Crippen LogP contribution in [-0.2, 0) is 9.84 Å². The van der Waals surface area contributed by atoms with E-state index in [0.29, 0.717) is 11.6 Å². The summed E-state index contributed by atoms with van der Waals surface area (Å²) in [6.07, 6.45) is 1.79. The molecule has 0 aliphatic heterocycles. The van der Waals surface area contributed by atoms with E-state index in [4.69, 9.17) is 5.11 Å². The Kier molecular flexibility index (Phi) is 4.77. The minimum atomic E-state index is -3.27. The van der Waals surface area contributed by atoms with Crippen LogP contribution in [0.25, 0.3) is 22.4 Å². The summed E-state index contributed by atoms with van der Waals surface area (Å²) in [7, 11) is -3.27. The van der Waals surface area contributed by atoms with E-state index in [1.807, 2.05) is 36.4 Å². The van der Waals surface area contributed by atoms with Gasteiger partial charge in [0.25, 0.3) is 0 Å². The van der Waals surface area contributed by atoms with Gasteiger partial charge in [0, 0.05) is 18.1 Å². The van der Waals surface area contributed by atoms with Gasteiger partial charge in [-0.3, -0.25) is 0 Å². The largest absolute Gasteiger partial charge is 0.395 e. The number of rotatable bonds is 7. The highest BCUT2D eigenvalue weighted by Gasteiger charge is 2.12. The lowest BCUT2D eigenvalue weighted by Crippen LogP contribution is -2.20. The molecule has 0 amide bonds. The number of aliphatic hydroxyl groups is 1. The first-order chi connectivity index (χ1) is 11.6. The third kappa shape index (κ3) is 3.72. The quantitative estimate of drug-likeness (QED) is 0.597. The maximum Gasteiger partial charge on any atom is 0.178 e. The van der Waals surface area contributed by atoms with Gasteiger partial charge < -0.3 is 15.4 Å². The maximum atomic E-state index is 11.7. The Bertz CT molecular complexity index is 924. The molecular weight excluding hydrogens is 328 g/mol. The molecule has 126 valence electrons. The summed E-state index contributed by atoms with van der Waals surface area (Å²) in [6.45, 7) is -0.150. The van der Waals surface area contributed by atoms with Crippen molar-refractivity contribution in [2.24, 2.45) is 0 Å². The molecule has 7 nitrogen and oxygen atoms in total. The second kappa shape index (κ2) is 6.98. The van der Waals surface area contributed by atoms with Gasteiger partial charge in [-0.25, -0.2) is 18.4 Å². The Labute approximate surface area is 139 Å². The number of nitrogens with one attached hydrogen (secondary N) is 2. The number of sulfone groups is 1. The second-order valence-electron chi connectivity index (χ2n) is 5.30. The topological polar surface area (TPSA) is 108 Å². The van der Waals surface area contributed by atoms with Crippen LogP contribution in [0.2, 0.25) is 0 Å². The highest BCUT2D eigenvalue weighted by atomic mass is 32.2. The van der Waals surface area contributed by atoms with E-state index >= 15 is 0 Å². The molecular formula is C16H18N4O3S. The number of fused-ring (bicyclic) bond motifs is 1. The van der Waals surface area contributed by atoms with Crippen molar-refractivity contribution in [3.05, 3.63) is 42.6 Å². The smallest absolute Gasteiger partial charge is 0.178 e. The highest BCUT2D eigenvalue weighted by molar-refractivity contribution is 7.91. The van der Waals surface area contributed by atoms with Crippen LogP contribution < -0.4 is 5.32 Å². The number of benzene rings is 1. The van der Waals surface area contributed by atoms with Crippen molar-refractivity contribution in [1.82, 2.24) is 15.0 Å². The number of H-pyrrole nitrogens is 1. The first-order valence-electron chi connectivity index (χ1n) is 7.55. The minimum Gasteiger partial charge on any atom is -0.395 e. The molecule has 0 saturated carbocycles. The van der Waals surface area contributed by atoms with Gasteiger partial charge in [0.1, 0.15) is 5.82 Å². The second-order valence-corrected chi connectivity index (χ2v) is 7.60. The molecule has 0 unspecified atom stereocenters. The average Bonchev–Trinajstić information content (AvgIpc) is 3.09. The summed E-state index contributed by atoms with van der Waals surface area (Å²) in [5.74, 6) is 0.834. The van der Waals surface area contributed by atoms with Gasteiger partial charge in [-0.1, -0.05) is 12.1 Å². The van der Waals surface area contributed by atoms with E-state index in [0.717, 1.165) is 16.6 Å². The van der Waals surface area contributed by atoms with Gasteiger partial charge in [0.15, 0.2) is 15.7 Å². The lowest BCUT2D eigenvalue weighted by molar-refractivity contribution is 0.319. The third-order valence-electron chi connectivity index (χ3n) is 3.55. The Morgan fingerprint density at radius 3 is 2.67 bits per heavy atom. The number of hydrogen-bond donors (Lipinski definition) is 3.